The summed E-state index contributed by atoms with van der Waals surface area (Å²) in [4.78, 5) is 11.9. The Morgan fingerprint density at radius 3 is 2.53 bits per heavy atom. The van der Waals surface area contributed by atoms with Gasteiger partial charge in [0, 0.05) is 11.3 Å². The summed E-state index contributed by atoms with van der Waals surface area (Å²) in [7, 11) is 1.33. The Morgan fingerprint density at radius 2 is 1.89 bits per heavy atom. The third kappa shape index (κ3) is 3.01. The average molecular weight is 261 g/mol. The molecule has 19 heavy (non-hydrogen) atoms. The van der Waals surface area contributed by atoms with Crippen molar-refractivity contribution in [3.05, 3.63) is 53.8 Å². The molecule has 0 fully saturated rings. The maximum Gasteiger partial charge on any atom is 0.255 e. The Hall–Kier alpha value is -2.56. The summed E-state index contributed by atoms with van der Waals surface area (Å²) in [5.74, 6) is -0.785. The Bertz CT molecular complexity index is 596. The molecule has 0 atom stereocenters. The first kappa shape index (κ1) is 12.9. The lowest BCUT2D eigenvalue weighted by molar-refractivity contribution is 0.102. The van der Waals surface area contributed by atoms with Crippen LogP contribution in [-0.2, 0) is 0 Å². The van der Waals surface area contributed by atoms with E-state index in [1.807, 2.05) is 0 Å². The van der Waals surface area contributed by atoms with Crippen molar-refractivity contribution in [1.82, 2.24) is 0 Å². The van der Waals surface area contributed by atoms with Gasteiger partial charge in [-0.2, -0.15) is 0 Å². The fourth-order valence-electron chi connectivity index (χ4n) is 1.55. The Labute approximate surface area is 109 Å². The number of nitrogens with one attached hydrogen (secondary N) is 1. The van der Waals surface area contributed by atoms with Crippen LogP contribution in [0.15, 0.2) is 42.5 Å². The molecule has 0 unspecified atom stereocenters. The molecule has 0 saturated carbocycles. The molecule has 2 aromatic carbocycles. The van der Waals surface area contributed by atoms with Crippen LogP contribution in [0.25, 0.3) is 0 Å². The van der Waals surface area contributed by atoms with Crippen LogP contribution >= 0.6 is 0 Å². The molecule has 0 aliphatic carbocycles. The molecule has 2 aromatic rings. The first-order valence-corrected chi connectivity index (χ1v) is 5.54. The fraction of sp³-hybridized carbons (Fsp3) is 0.0714. The van der Waals surface area contributed by atoms with Crippen LogP contribution in [0.4, 0.5) is 10.1 Å². The molecule has 0 spiro atoms. The normalized spacial score (nSPS) is 10.0. The molecule has 0 radical (unpaired) electrons. The van der Waals surface area contributed by atoms with E-state index in [1.54, 1.807) is 12.1 Å². The molecule has 0 bridgehead atoms. The second-order valence-corrected chi connectivity index (χ2v) is 3.85. The van der Waals surface area contributed by atoms with Crippen LogP contribution < -0.4 is 10.1 Å². The van der Waals surface area contributed by atoms with Gasteiger partial charge in [0.2, 0.25) is 0 Å². The summed E-state index contributed by atoms with van der Waals surface area (Å²) in [6.45, 7) is 0. The first-order chi connectivity index (χ1) is 9.10. The lowest BCUT2D eigenvalue weighted by atomic mass is 10.2. The van der Waals surface area contributed by atoms with E-state index < -0.39 is 5.82 Å². The van der Waals surface area contributed by atoms with Gasteiger partial charge < -0.3 is 15.2 Å². The number of hydrogen-bond donors (Lipinski definition) is 2. The molecule has 4 nitrogen and oxygen atoms in total. The molecule has 0 aromatic heterocycles. The van der Waals surface area contributed by atoms with Gasteiger partial charge >= 0.3 is 0 Å². The second-order valence-electron chi connectivity index (χ2n) is 3.85. The summed E-state index contributed by atoms with van der Waals surface area (Å²) in [6.07, 6.45) is 0. The molecule has 2 rings (SSSR count). The standard InChI is InChI=1S/C14H12FNO3/c1-19-13-8-9(2-7-12(13)15)14(18)16-10-3-5-11(17)6-4-10/h2-8,17H,1H3,(H,16,18). The van der Waals surface area contributed by atoms with Crippen LogP contribution in [0.2, 0.25) is 0 Å². The number of amides is 1. The Morgan fingerprint density at radius 1 is 1.21 bits per heavy atom. The summed E-state index contributed by atoms with van der Waals surface area (Å²) < 4.78 is 18.0. The first-order valence-electron chi connectivity index (χ1n) is 5.54. The summed E-state index contributed by atoms with van der Waals surface area (Å²) in [6, 6.07) is 9.91. The number of carbonyl (C=O) groups is 1. The molecule has 0 aliphatic rings. The molecule has 5 heteroatoms. The molecule has 98 valence electrons. The summed E-state index contributed by atoms with van der Waals surface area (Å²) >= 11 is 0. The number of anilines is 1. The van der Waals surface area contributed by atoms with Gasteiger partial charge in [0.25, 0.3) is 5.91 Å². The van der Waals surface area contributed by atoms with Crippen molar-refractivity contribution in [1.29, 1.82) is 0 Å². The van der Waals surface area contributed by atoms with Crippen LogP contribution in [-0.4, -0.2) is 18.1 Å². The minimum atomic E-state index is -0.524. The average Bonchev–Trinajstić information content (AvgIpc) is 2.42. The van der Waals surface area contributed by atoms with E-state index in [-0.39, 0.29) is 23.0 Å². The van der Waals surface area contributed by atoms with Crippen molar-refractivity contribution < 1.29 is 19.0 Å². The third-order valence-electron chi connectivity index (χ3n) is 2.54. The number of hydrogen-bond acceptors (Lipinski definition) is 3. The smallest absolute Gasteiger partial charge is 0.255 e. The number of phenols is 1. The molecule has 0 saturated heterocycles. The van der Waals surface area contributed by atoms with E-state index in [9.17, 15) is 9.18 Å². The molecule has 0 heterocycles. The zero-order chi connectivity index (χ0) is 13.8. The van der Waals surface area contributed by atoms with Crippen LogP contribution in [0.5, 0.6) is 11.5 Å². The van der Waals surface area contributed by atoms with E-state index in [2.05, 4.69) is 5.32 Å². The van der Waals surface area contributed by atoms with Gasteiger partial charge in [-0.15, -0.1) is 0 Å². The Balaban J connectivity index is 2.18. The maximum atomic E-state index is 13.2. The Kier molecular flexibility index (Phi) is 3.66. The number of halogens is 1. The number of aromatic hydroxyl groups is 1. The molecule has 2 N–H and O–H groups in total. The number of methoxy groups -OCH3 is 1. The lowest BCUT2D eigenvalue weighted by Crippen LogP contribution is -2.12. The van der Waals surface area contributed by atoms with Crippen molar-refractivity contribution in [2.45, 2.75) is 0 Å². The number of phenolic OH excluding ortho intramolecular Hbond substituents is 1. The number of benzene rings is 2. The SMILES string of the molecule is COc1cc(C(=O)Nc2ccc(O)cc2)ccc1F. The third-order valence-corrected chi connectivity index (χ3v) is 2.54. The minimum absolute atomic E-state index is 0.0124. The van der Waals surface area contributed by atoms with Crippen molar-refractivity contribution in [3.63, 3.8) is 0 Å². The maximum absolute atomic E-state index is 13.2. The quantitative estimate of drug-likeness (QED) is 0.835. The van der Waals surface area contributed by atoms with Gasteiger partial charge in [-0.1, -0.05) is 0 Å². The van der Waals surface area contributed by atoms with Crippen LogP contribution in [0.1, 0.15) is 10.4 Å². The highest BCUT2D eigenvalue weighted by Gasteiger charge is 2.10. The van der Waals surface area contributed by atoms with Gasteiger partial charge in [-0.25, -0.2) is 4.39 Å². The number of carbonyl (C=O) groups excluding carboxylic acids is 1. The highest BCUT2D eigenvalue weighted by molar-refractivity contribution is 6.04. The van der Waals surface area contributed by atoms with Gasteiger partial charge in [0.15, 0.2) is 11.6 Å². The van der Waals surface area contributed by atoms with Crippen molar-refractivity contribution in [2.75, 3.05) is 12.4 Å². The van der Waals surface area contributed by atoms with Crippen LogP contribution in [0.3, 0.4) is 0 Å². The predicted octanol–water partition coefficient (Wildman–Crippen LogP) is 2.79. The second kappa shape index (κ2) is 5.39. The van der Waals surface area contributed by atoms with E-state index in [4.69, 9.17) is 9.84 Å². The van der Waals surface area contributed by atoms with Crippen LogP contribution in [0, 0.1) is 5.82 Å². The van der Waals surface area contributed by atoms with Crippen molar-refractivity contribution >= 4 is 11.6 Å². The van der Waals surface area contributed by atoms with E-state index >= 15 is 0 Å². The van der Waals surface area contributed by atoms with Crippen molar-refractivity contribution in [2.24, 2.45) is 0 Å². The lowest BCUT2D eigenvalue weighted by Gasteiger charge is -2.07. The molecular weight excluding hydrogens is 249 g/mol. The summed E-state index contributed by atoms with van der Waals surface area (Å²) in [5, 5.41) is 11.8. The zero-order valence-corrected chi connectivity index (χ0v) is 10.2. The van der Waals surface area contributed by atoms with Gasteiger partial charge in [0.05, 0.1) is 7.11 Å². The number of rotatable bonds is 3. The van der Waals surface area contributed by atoms with E-state index in [0.29, 0.717) is 5.69 Å². The summed E-state index contributed by atoms with van der Waals surface area (Å²) in [5.41, 5.74) is 0.817. The van der Waals surface area contributed by atoms with Gasteiger partial charge in [0.1, 0.15) is 5.75 Å². The minimum Gasteiger partial charge on any atom is -0.508 e. The fourth-order valence-corrected chi connectivity index (χ4v) is 1.55. The van der Waals surface area contributed by atoms with Gasteiger partial charge in [-0.05, 0) is 42.5 Å². The molecular formula is C14H12FNO3. The molecule has 1 amide bonds. The van der Waals surface area contributed by atoms with E-state index in [1.165, 1.54) is 37.4 Å². The van der Waals surface area contributed by atoms with E-state index in [0.717, 1.165) is 0 Å². The number of ether oxygens (including phenoxy) is 1. The zero-order valence-electron chi connectivity index (χ0n) is 10.2. The largest absolute Gasteiger partial charge is 0.508 e. The highest BCUT2D eigenvalue weighted by atomic mass is 19.1. The molecule has 0 aliphatic heterocycles. The monoisotopic (exact) mass is 261 g/mol. The van der Waals surface area contributed by atoms with Crippen molar-refractivity contribution in [3.8, 4) is 11.5 Å². The van der Waals surface area contributed by atoms with Gasteiger partial charge in [-0.3, -0.25) is 4.79 Å². The topological polar surface area (TPSA) is 58.6 Å². The predicted molar refractivity (Wildman–Crippen MR) is 69.0 cm³/mol. The highest BCUT2D eigenvalue weighted by Crippen LogP contribution is 2.20.